The van der Waals surface area contributed by atoms with Crippen LogP contribution in [0, 0.1) is 11.3 Å². The monoisotopic (exact) mass is 441 g/mol. The average molecular weight is 442 g/mol. The first-order valence-electron chi connectivity index (χ1n) is 9.64. The van der Waals surface area contributed by atoms with E-state index in [0.717, 1.165) is 0 Å². The minimum Gasteiger partial charge on any atom is -0.390 e. The van der Waals surface area contributed by atoms with Crippen LogP contribution in [-0.4, -0.2) is 66.5 Å². The molecular weight excluding hydrogens is 422 g/mol. The van der Waals surface area contributed by atoms with E-state index in [1.807, 2.05) is 0 Å². The average Bonchev–Trinajstić information content (AvgIpc) is 3.33. The van der Waals surface area contributed by atoms with Crippen molar-refractivity contribution in [2.75, 3.05) is 12.4 Å². The third-order valence-corrected chi connectivity index (χ3v) is 5.64. The fourth-order valence-electron chi connectivity index (χ4n) is 3.73. The van der Waals surface area contributed by atoms with Gasteiger partial charge >= 0.3 is 0 Å². The normalized spacial score (nSPS) is 20.5. The molecule has 10 nitrogen and oxygen atoms in total. The van der Waals surface area contributed by atoms with Crippen LogP contribution >= 0.6 is 11.6 Å². The number of aliphatic hydroxyl groups excluding tert-OH is 2. The Balaban J connectivity index is 1.63. The predicted octanol–water partition coefficient (Wildman–Crippen LogP) is 1.45. The molecular formula is C20H20ClN7O3. The molecule has 3 aromatic rings. The summed E-state index contributed by atoms with van der Waals surface area (Å²) >= 11 is 6.05. The molecule has 1 aromatic carbocycles. The Morgan fingerprint density at radius 3 is 2.90 bits per heavy atom. The number of anilines is 1. The van der Waals surface area contributed by atoms with Crippen molar-refractivity contribution in [3.63, 3.8) is 0 Å². The summed E-state index contributed by atoms with van der Waals surface area (Å²) in [7, 11) is 1.60. The fourth-order valence-corrected chi connectivity index (χ4v) is 3.92. The summed E-state index contributed by atoms with van der Waals surface area (Å²) in [5.41, 5.74) is 1.51. The lowest BCUT2D eigenvalue weighted by atomic mass is 10.1. The van der Waals surface area contributed by atoms with Crippen LogP contribution in [0.2, 0.25) is 5.02 Å². The lowest BCUT2D eigenvalue weighted by molar-refractivity contribution is 0.0392. The molecule has 0 unspecified atom stereocenters. The van der Waals surface area contributed by atoms with Crippen LogP contribution in [0.25, 0.3) is 11.0 Å². The molecule has 2 heterocycles. The van der Waals surface area contributed by atoms with Crippen LogP contribution in [0.15, 0.2) is 24.5 Å². The highest BCUT2D eigenvalue weighted by atomic mass is 35.5. The number of hydrogen-bond acceptors (Lipinski definition) is 8. The number of hydrogen-bond donors (Lipinski definition) is 4. The Morgan fingerprint density at radius 2 is 2.19 bits per heavy atom. The standard InChI is InChI=1S/C20H20ClN7O3/c1-28(8-11-6-12(21)3-2-10(11)7-22)20(31)16-15-18(23-9-24-19(15)27-26-16)25-13-4-5-14(29)17(13)30/h2-3,6,9,13-14,17,29-30H,4-5,8H2,1H3,(H2,23,24,25,26,27)/t13-,14-,17+/m1/s1. The van der Waals surface area contributed by atoms with Crippen molar-refractivity contribution in [1.82, 2.24) is 25.1 Å². The van der Waals surface area contributed by atoms with Gasteiger partial charge in [0, 0.05) is 18.6 Å². The summed E-state index contributed by atoms with van der Waals surface area (Å²) in [5.74, 6) is -0.0610. The lowest BCUT2D eigenvalue weighted by Crippen LogP contribution is -2.34. The number of nitriles is 1. The highest BCUT2D eigenvalue weighted by molar-refractivity contribution is 6.30. The zero-order chi connectivity index (χ0) is 22.1. The van der Waals surface area contributed by atoms with Gasteiger partial charge in [-0.25, -0.2) is 9.97 Å². The molecule has 0 aliphatic heterocycles. The molecule has 2 aromatic heterocycles. The van der Waals surface area contributed by atoms with Crippen LogP contribution < -0.4 is 5.32 Å². The Labute approximate surface area is 182 Å². The number of amides is 1. The van der Waals surface area contributed by atoms with Gasteiger partial charge in [-0.2, -0.15) is 10.4 Å². The van der Waals surface area contributed by atoms with E-state index in [2.05, 4.69) is 31.6 Å². The second-order valence-electron chi connectivity index (χ2n) is 7.48. The number of aromatic amines is 1. The SMILES string of the molecule is CN(Cc1cc(Cl)ccc1C#N)C(=O)c1n[nH]c2ncnc(N[C@@H]3CC[C@@H](O)[C@H]3O)c12. The van der Waals surface area contributed by atoms with Crippen LogP contribution in [-0.2, 0) is 6.54 Å². The number of carbonyl (C=O) groups excluding carboxylic acids is 1. The predicted molar refractivity (Wildman–Crippen MR) is 112 cm³/mol. The van der Waals surface area contributed by atoms with Crippen LogP contribution in [0.3, 0.4) is 0 Å². The molecule has 11 heteroatoms. The van der Waals surface area contributed by atoms with Gasteiger partial charge in [0.15, 0.2) is 11.3 Å². The molecule has 31 heavy (non-hydrogen) atoms. The fraction of sp³-hybridized carbons (Fsp3) is 0.350. The molecule has 1 aliphatic carbocycles. The number of rotatable bonds is 5. The van der Waals surface area contributed by atoms with E-state index >= 15 is 0 Å². The van der Waals surface area contributed by atoms with E-state index in [9.17, 15) is 20.3 Å². The van der Waals surface area contributed by atoms with Gasteiger partial charge in [-0.15, -0.1) is 0 Å². The number of aliphatic hydroxyl groups is 2. The first-order valence-corrected chi connectivity index (χ1v) is 10.0. The number of aromatic nitrogens is 4. The molecule has 160 valence electrons. The first-order chi connectivity index (χ1) is 14.9. The van der Waals surface area contributed by atoms with Gasteiger partial charge in [0.25, 0.3) is 5.91 Å². The summed E-state index contributed by atoms with van der Waals surface area (Å²) in [5, 5.41) is 40.1. The maximum Gasteiger partial charge on any atom is 0.275 e. The summed E-state index contributed by atoms with van der Waals surface area (Å²) in [6, 6.07) is 6.57. The molecule has 0 bridgehead atoms. The summed E-state index contributed by atoms with van der Waals surface area (Å²) in [6.07, 6.45) is 0.599. The highest BCUT2D eigenvalue weighted by Gasteiger charge is 2.34. The molecule has 3 atom stereocenters. The van der Waals surface area contributed by atoms with Crippen molar-refractivity contribution in [3.8, 4) is 6.07 Å². The number of carbonyl (C=O) groups is 1. The molecule has 4 rings (SSSR count). The minimum atomic E-state index is -0.939. The van der Waals surface area contributed by atoms with Crippen molar-refractivity contribution in [2.24, 2.45) is 0 Å². The van der Waals surface area contributed by atoms with Crippen LogP contribution in [0.4, 0.5) is 5.82 Å². The van der Waals surface area contributed by atoms with Gasteiger partial charge in [0.2, 0.25) is 0 Å². The molecule has 0 saturated heterocycles. The number of H-pyrrole nitrogens is 1. The molecule has 1 aliphatic rings. The summed E-state index contributed by atoms with van der Waals surface area (Å²) in [4.78, 5) is 22.9. The minimum absolute atomic E-state index is 0.106. The van der Waals surface area contributed by atoms with Crippen molar-refractivity contribution in [2.45, 2.75) is 37.6 Å². The van der Waals surface area contributed by atoms with E-state index in [4.69, 9.17) is 11.6 Å². The number of benzene rings is 1. The van der Waals surface area contributed by atoms with Gasteiger partial charge in [-0.3, -0.25) is 9.89 Å². The van der Waals surface area contributed by atoms with Crippen LogP contribution in [0.1, 0.15) is 34.5 Å². The van der Waals surface area contributed by atoms with Crippen molar-refractivity contribution in [1.29, 1.82) is 5.26 Å². The van der Waals surface area contributed by atoms with E-state index in [0.29, 0.717) is 45.8 Å². The second-order valence-corrected chi connectivity index (χ2v) is 7.92. The second kappa shape index (κ2) is 8.47. The number of nitrogens with zero attached hydrogens (tertiary/aromatic N) is 5. The van der Waals surface area contributed by atoms with Crippen molar-refractivity contribution in [3.05, 3.63) is 46.4 Å². The van der Waals surface area contributed by atoms with Gasteiger partial charge in [-0.05, 0) is 36.6 Å². The van der Waals surface area contributed by atoms with Gasteiger partial charge in [0.1, 0.15) is 12.1 Å². The molecule has 4 N–H and O–H groups in total. The van der Waals surface area contributed by atoms with Gasteiger partial charge in [0.05, 0.1) is 35.3 Å². The van der Waals surface area contributed by atoms with Gasteiger partial charge < -0.3 is 20.4 Å². The molecule has 1 amide bonds. The summed E-state index contributed by atoms with van der Waals surface area (Å²) < 4.78 is 0. The number of fused-ring (bicyclic) bond motifs is 1. The largest absolute Gasteiger partial charge is 0.390 e. The highest BCUT2D eigenvalue weighted by Crippen LogP contribution is 2.28. The molecule has 0 radical (unpaired) electrons. The number of nitrogens with one attached hydrogen (secondary N) is 2. The quantitative estimate of drug-likeness (QED) is 0.464. The summed E-state index contributed by atoms with van der Waals surface area (Å²) in [6.45, 7) is 0.153. The number of halogens is 1. The van der Waals surface area contributed by atoms with Crippen LogP contribution in [0.5, 0.6) is 0 Å². The third kappa shape index (κ3) is 4.03. The third-order valence-electron chi connectivity index (χ3n) is 5.40. The zero-order valence-corrected chi connectivity index (χ0v) is 17.3. The topological polar surface area (TPSA) is 151 Å². The Kier molecular flexibility index (Phi) is 5.73. The first kappa shape index (κ1) is 21.0. The molecule has 0 spiro atoms. The maximum absolute atomic E-state index is 13.2. The lowest BCUT2D eigenvalue weighted by Gasteiger charge is -2.20. The van der Waals surface area contributed by atoms with Crippen molar-refractivity contribution < 1.29 is 15.0 Å². The van der Waals surface area contributed by atoms with E-state index in [1.54, 1.807) is 25.2 Å². The zero-order valence-electron chi connectivity index (χ0n) is 16.6. The van der Waals surface area contributed by atoms with E-state index < -0.39 is 24.2 Å². The van der Waals surface area contributed by atoms with Gasteiger partial charge in [-0.1, -0.05) is 11.6 Å². The smallest absolute Gasteiger partial charge is 0.275 e. The Hall–Kier alpha value is -3.26. The Morgan fingerprint density at radius 1 is 1.39 bits per heavy atom. The Bertz CT molecular complexity index is 1180. The van der Waals surface area contributed by atoms with Crippen molar-refractivity contribution >= 4 is 34.4 Å². The molecule has 1 fully saturated rings. The van der Waals surface area contributed by atoms with E-state index in [1.165, 1.54) is 11.2 Å². The van der Waals surface area contributed by atoms with E-state index in [-0.39, 0.29) is 12.2 Å². The molecule has 1 saturated carbocycles. The maximum atomic E-state index is 13.2.